The summed E-state index contributed by atoms with van der Waals surface area (Å²) in [4.78, 5) is 0. The molecule has 8 heteroatoms. The van der Waals surface area contributed by atoms with Gasteiger partial charge in [0.05, 0.1) is 0 Å². The highest BCUT2D eigenvalue weighted by molar-refractivity contribution is 4.61. The first-order valence-electron chi connectivity index (χ1n) is 2.73. The fourth-order valence-corrected chi connectivity index (χ4v) is 0.516. The minimum absolute atomic E-state index is 0.333. The van der Waals surface area contributed by atoms with Crippen molar-refractivity contribution in [2.75, 3.05) is 13.1 Å². The van der Waals surface area contributed by atoms with E-state index in [-0.39, 0.29) is 5.01 Å². The van der Waals surface area contributed by atoms with E-state index in [1.807, 2.05) is 0 Å². The monoisotopic (exact) mass is 196 g/mol. The highest BCUT2D eigenvalue weighted by Crippen LogP contribution is 2.19. The number of nitrogens with zero attached hydrogens (tertiary/aromatic N) is 1. The molecule has 0 saturated carbocycles. The zero-order valence-electron chi connectivity index (χ0n) is 5.71. The molecule has 0 radical (unpaired) electrons. The van der Waals surface area contributed by atoms with Gasteiger partial charge in [-0.1, -0.05) is 0 Å². The summed E-state index contributed by atoms with van der Waals surface area (Å²) in [5.74, 6) is 4.44. The predicted molar refractivity (Wildman–Crippen MR) is 27.9 cm³/mol. The Kier molecular flexibility index (Phi) is 3.34. The minimum Gasteiger partial charge on any atom is -0.268 e. The summed E-state index contributed by atoms with van der Waals surface area (Å²) < 4.78 is 68.4. The number of hydrazine groups is 1. The summed E-state index contributed by atoms with van der Waals surface area (Å²) in [7, 11) is 0. The van der Waals surface area contributed by atoms with E-state index < -0.39 is 25.4 Å². The molecule has 0 atom stereocenters. The Morgan fingerprint density at radius 3 is 1.25 bits per heavy atom. The molecule has 0 spiro atoms. The molecule has 2 nitrogen and oxygen atoms in total. The molecule has 0 heterocycles. The van der Waals surface area contributed by atoms with Crippen LogP contribution in [0.4, 0.5) is 26.3 Å². The quantitative estimate of drug-likeness (QED) is 0.409. The molecular weight excluding hydrogens is 190 g/mol. The zero-order valence-corrected chi connectivity index (χ0v) is 5.71. The molecule has 0 aromatic rings. The number of hydrogen-bond acceptors (Lipinski definition) is 2. The normalized spacial score (nSPS) is 14.0. The molecule has 0 unspecified atom stereocenters. The van der Waals surface area contributed by atoms with Crippen LogP contribution in [0.5, 0.6) is 0 Å². The standard InChI is InChI=1S/C4H6F6N2/c5-3(6,7)1-12(11)2-4(8,9)10/h1-2,11H2. The van der Waals surface area contributed by atoms with Gasteiger partial charge in [0.15, 0.2) is 0 Å². The Morgan fingerprint density at radius 1 is 0.833 bits per heavy atom. The first kappa shape index (κ1) is 11.5. The number of rotatable bonds is 2. The van der Waals surface area contributed by atoms with Crippen LogP contribution < -0.4 is 5.84 Å². The van der Waals surface area contributed by atoms with Crippen molar-refractivity contribution in [2.24, 2.45) is 5.84 Å². The maximum Gasteiger partial charge on any atom is 0.402 e. The van der Waals surface area contributed by atoms with Gasteiger partial charge >= 0.3 is 12.4 Å². The summed E-state index contributed by atoms with van der Waals surface area (Å²) in [5.41, 5.74) is 0. The van der Waals surface area contributed by atoms with E-state index in [9.17, 15) is 26.3 Å². The second kappa shape index (κ2) is 3.48. The average molecular weight is 196 g/mol. The first-order valence-corrected chi connectivity index (χ1v) is 2.73. The van der Waals surface area contributed by atoms with Crippen molar-refractivity contribution in [3.8, 4) is 0 Å². The third-order valence-electron chi connectivity index (χ3n) is 0.765. The lowest BCUT2D eigenvalue weighted by molar-refractivity contribution is -0.180. The summed E-state index contributed by atoms with van der Waals surface area (Å²) >= 11 is 0. The van der Waals surface area contributed by atoms with Gasteiger partial charge in [-0.2, -0.15) is 26.3 Å². The molecule has 0 aliphatic heterocycles. The summed E-state index contributed by atoms with van der Waals surface area (Å²) in [6.07, 6.45) is -9.42. The van der Waals surface area contributed by atoms with Crippen LogP contribution in [0.25, 0.3) is 0 Å². The van der Waals surface area contributed by atoms with Gasteiger partial charge in [-0.3, -0.25) is 5.84 Å². The van der Waals surface area contributed by atoms with Crippen LogP contribution in [-0.4, -0.2) is 30.5 Å². The highest BCUT2D eigenvalue weighted by Gasteiger charge is 2.35. The van der Waals surface area contributed by atoms with Crippen molar-refractivity contribution in [1.82, 2.24) is 5.01 Å². The molecule has 2 N–H and O–H groups in total. The Labute approximate surface area is 63.9 Å². The van der Waals surface area contributed by atoms with Gasteiger partial charge in [0, 0.05) is 0 Å². The Morgan fingerprint density at radius 2 is 1.08 bits per heavy atom. The zero-order chi connectivity index (χ0) is 9.99. The molecule has 0 rings (SSSR count). The molecule has 0 aliphatic carbocycles. The maximum atomic E-state index is 11.4. The van der Waals surface area contributed by atoms with E-state index in [1.54, 1.807) is 0 Å². The van der Waals surface area contributed by atoms with Crippen molar-refractivity contribution >= 4 is 0 Å². The van der Waals surface area contributed by atoms with Crippen molar-refractivity contribution in [3.05, 3.63) is 0 Å². The second-order valence-corrected chi connectivity index (χ2v) is 2.14. The van der Waals surface area contributed by atoms with E-state index >= 15 is 0 Å². The van der Waals surface area contributed by atoms with Gasteiger partial charge in [0.1, 0.15) is 13.1 Å². The molecule has 0 amide bonds. The van der Waals surface area contributed by atoms with Crippen LogP contribution in [0, 0.1) is 0 Å². The lowest BCUT2D eigenvalue weighted by Gasteiger charge is -2.19. The molecule has 0 fully saturated rings. The summed E-state index contributed by atoms with van der Waals surface area (Å²) in [6.45, 7) is -3.54. The summed E-state index contributed by atoms with van der Waals surface area (Å²) in [5, 5.41) is -0.333. The van der Waals surface area contributed by atoms with Gasteiger partial charge in [-0.25, -0.2) is 5.01 Å². The van der Waals surface area contributed by atoms with E-state index in [1.165, 1.54) is 0 Å². The predicted octanol–water partition coefficient (Wildman–Crippen LogP) is 1.29. The Hall–Kier alpha value is -0.500. The SMILES string of the molecule is NN(CC(F)(F)F)CC(F)(F)F. The lowest BCUT2D eigenvalue weighted by Crippen LogP contribution is -2.44. The second-order valence-electron chi connectivity index (χ2n) is 2.14. The van der Waals surface area contributed by atoms with E-state index in [4.69, 9.17) is 0 Å². The number of alkyl halides is 6. The lowest BCUT2D eigenvalue weighted by atomic mass is 10.5. The molecule has 74 valence electrons. The fraction of sp³-hybridized carbons (Fsp3) is 1.00. The molecule has 12 heavy (non-hydrogen) atoms. The van der Waals surface area contributed by atoms with E-state index in [2.05, 4.69) is 5.84 Å². The van der Waals surface area contributed by atoms with Crippen LogP contribution >= 0.6 is 0 Å². The fourth-order valence-electron chi connectivity index (χ4n) is 0.516. The topological polar surface area (TPSA) is 29.3 Å². The van der Waals surface area contributed by atoms with Crippen LogP contribution in [-0.2, 0) is 0 Å². The van der Waals surface area contributed by atoms with Gasteiger partial charge in [-0.15, -0.1) is 0 Å². The third-order valence-corrected chi connectivity index (χ3v) is 0.765. The third kappa shape index (κ3) is 7.61. The molecule has 0 aromatic carbocycles. The van der Waals surface area contributed by atoms with Crippen molar-refractivity contribution in [2.45, 2.75) is 12.4 Å². The molecule has 0 saturated heterocycles. The van der Waals surface area contributed by atoms with Crippen molar-refractivity contribution in [3.63, 3.8) is 0 Å². The number of halogens is 6. The van der Waals surface area contributed by atoms with Gasteiger partial charge in [0.2, 0.25) is 0 Å². The van der Waals surface area contributed by atoms with Gasteiger partial charge in [0.25, 0.3) is 0 Å². The average Bonchev–Trinajstić information content (AvgIpc) is 1.49. The van der Waals surface area contributed by atoms with Crippen LogP contribution in [0.15, 0.2) is 0 Å². The number of nitrogens with two attached hydrogens (primary N) is 1. The first-order chi connectivity index (χ1) is 5.10. The van der Waals surface area contributed by atoms with Gasteiger partial charge in [-0.05, 0) is 0 Å². The Bertz CT molecular complexity index is 121. The largest absolute Gasteiger partial charge is 0.402 e. The van der Waals surface area contributed by atoms with Crippen molar-refractivity contribution < 1.29 is 26.3 Å². The molecular formula is C4H6F6N2. The van der Waals surface area contributed by atoms with Gasteiger partial charge < -0.3 is 0 Å². The molecule has 0 aliphatic rings. The van der Waals surface area contributed by atoms with Crippen molar-refractivity contribution in [1.29, 1.82) is 0 Å². The van der Waals surface area contributed by atoms with E-state index in [0.717, 1.165) is 0 Å². The maximum absolute atomic E-state index is 11.4. The van der Waals surface area contributed by atoms with Crippen LogP contribution in [0.2, 0.25) is 0 Å². The number of hydrogen-bond donors (Lipinski definition) is 1. The molecule has 0 bridgehead atoms. The highest BCUT2D eigenvalue weighted by atomic mass is 19.4. The van der Waals surface area contributed by atoms with Crippen LogP contribution in [0.3, 0.4) is 0 Å². The minimum atomic E-state index is -4.71. The van der Waals surface area contributed by atoms with E-state index in [0.29, 0.717) is 0 Å². The molecule has 0 aromatic heterocycles. The van der Waals surface area contributed by atoms with Crippen LogP contribution in [0.1, 0.15) is 0 Å². The summed E-state index contributed by atoms with van der Waals surface area (Å²) in [6, 6.07) is 0. The Balaban J connectivity index is 3.83. The smallest absolute Gasteiger partial charge is 0.268 e.